The van der Waals surface area contributed by atoms with Crippen molar-refractivity contribution in [2.75, 3.05) is 53.0 Å². The molecule has 1 atom stereocenters. The summed E-state index contributed by atoms with van der Waals surface area (Å²) in [5, 5.41) is 6.79. The Morgan fingerprint density at radius 1 is 1.30 bits per heavy atom. The summed E-state index contributed by atoms with van der Waals surface area (Å²) < 4.78 is 10.8. The van der Waals surface area contributed by atoms with Crippen LogP contribution in [0.25, 0.3) is 0 Å². The van der Waals surface area contributed by atoms with Crippen LogP contribution in [0.1, 0.15) is 18.0 Å². The lowest BCUT2D eigenvalue weighted by atomic mass is 10.0. The van der Waals surface area contributed by atoms with Crippen molar-refractivity contribution in [1.29, 1.82) is 0 Å². The van der Waals surface area contributed by atoms with Crippen LogP contribution < -0.4 is 15.4 Å². The molecule has 1 aromatic carbocycles. The van der Waals surface area contributed by atoms with Crippen molar-refractivity contribution < 1.29 is 9.47 Å². The molecule has 0 amide bonds. The third kappa shape index (κ3) is 4.36. The van der Waals surface area contributed by atoms with Crippen LogP contribution in [0.3, 0.4) is 0 Å². The molecule has 6 heteroatoms. The number of aliphatic imine (C=N–C) groups is 1. The zero-order valence-electron chi connectivity index (χ0n) is 13.8. The minimum atomic E-state index is 0.302. The van der Waals surface area contributed by atoms with Crippen molar-refractivity contribution in [1.82, 2.24) is 15.5 Å². The Balaban J connectivity index is 1.70. The second-order valence-corrected chi connectivity index (χ2v) is 5.83. The highest BCUT2D eigenvalue weighted by Gasteiger charge is 2.23. The molecular weight excluding hydrogens is 292 g/mol. The summed E-state index contributed by atoms with van der Waals surface area (Å²) >= 11 is 0. The molecular formula is C17H26N4O2. The molecule has 3 rings (SSSR count). The first-order valence-corrected chi connectivity index (χ1v) is 8.35. The van der Waals surface area contributed by atoms with Gasteiger partial charge in [-0.15, -0.1) is 0 Å². The second kappa shape index (κ2) is 8.17. The van der Waals surface area contributed by atoms with Crippen LogP contribution >= 0.6 is 0 Å². The number of hydrogen-bond acceptors (Lipinski definition) is 6. The summed E-state index contributed by atoms with van der Waals surface area (Å²) in [6.07, 6.45) is 1.11. The third-order valence-electron chi connectivity index (χ3n) is 4.35. The summed E-state index contributed by atoms with van der Waals surface area (Å²) in [6.45, 7) is 6.24. The lowest BCUT2D eigenvalue weighted by Gasteiger charge is -2.35. The Bertz CT molecular complexity index is 512. The average molecular weight is 318 g/mol. The van der Waals surface area contributed by atoms with Gasteiger partial charge in [-0.2, -0.15) is 0 Å². The fourth-order valence-corrected chi connectivity index (χ4v) is 3.02. The summed E-state index contributed by atoms with van der Waals surface area (Å²) in [5.74, 6) is 1.81. The van der Waals surface area contributed by atoms with Gasteiger partial charge in [0, 0.05) is 32.7 Å². The predicted molar refractivity (Wildman–Crippen MR) is 91.1 cm³/mol. The number of ether oxygens (including phenoxy) is 2. The van der Waals surface area contributed by atoms with Crippen molar-refractivity contribution in [2.45, 2.75) is 12.5 Å². The molecule has 0 aliphatic carbocycles. The second-order valence-electron chi connectivity index (χ2n) is 5.83. The Hall–Kier alpha value is -1.79. The number of nitrogens with zero attached hydrogens (tertiary/aromatic N) is 2. The van der Waals surface area contributed by atoms with Gasteiger partial charge in [-0.1, -0.05) is 12.1 Å². The molecule has 0 saturated carbocycles. The molecule has 2 N–H and O–H groups in total. The first-order chi connectivity index (χ1) is 11.4. The molecule has 0 unspecified atom stereocenters. The Morgan fingerprint density at radius 3 is 2.74 bits per heavy atom. The van der Waals surface area contributed by atoms with Crippen LogP contribution in [0.15, 0.2) is 29.3 Å². The largest absolute Gasteiger partial charge is 0.497 e. The van der Waals surface area contributed by atoms with Gasteiger partial charge in [0.1, 0.15) is 5.75 Å². The molecule has 6 nitrogen and oxygen atoms in total. The maximum atomic E-state index is 5.50. The van der Waals surface area contributed by atoms with E-state index in [4.69, 9.17) is 9.47 Å². The van der Waals surface area contributed by atoms with E-state index in [9.17, 15) is 0 Å². The van der Waals surface area contributed by atoms with E-state index < -0.39 is 0 Å². The Kier molecular flexibility index (Phi) is 5.71. The maximum absolute atomic E-state index is 5.50. The highest BCUT2D eigenvalue weighted by Crippen LogP contribution is 2.23. The van der Waals surface area contributed by atoms with Crippen LogP contribution in [-0.4, -0.2) is 63.9 Å². The van der Waals surface area contributed by atoms with Crippen molar-refractivity contribution in [3.8, 4) is 5.75 Å². The van der Waals surface area contributed by atoms with Crippen LogP contribution in [-0.2, 0) is 4.74 Å². The monoisotopic (exact) mass is 318 g/mol. The lowest BCUT2D eigenvalue weighted by Crippen LogP contribution is -2.47. The highest BCUT2D eigenvalue weighted by atomic mass is 16.5. The van der Waals surface area contributed by atoms with Crippen LogP contribution in [0.4, 0.5) is 0 Å². The molecule has 0 aromatic heterocycles. The van der Waals surface area contributed by atoms with Gasteiger partial charge in [0.25, 0.3) is 0 Å². The molecule has 2 heterocycles. The predicted octanol–water partition coefficient (Wildman–Crippen LogP) is 1.01. The van der Waals surface area contributed by atoms with Crippen LogP contribution in [0.2, 0.25) is 0 Å². The molecule has 0 spiro atoms. The van der Waals surface area contributed by atoms with Crippen LogP contribution in [0, 0.1) is 0 Å². The molecule has 2 aliphatic heterocycles. The number of methoxy groups -OCH3 is 1. The van der Waals surface area contributed by atoms with E-state index in [-0.39, 0.29) is 0 Å². The minimum absolute atomic E-state index is 0.302. The summed E-state index contributed by atoms with van der Waals surface area (Å²) in [7, 11) is 1.70. The van der Waals surface area contributed by atoms with E-state index in [0.717, 1.165) is 64.1 Å². The molecule has 0 bridgehead atoms. The van der Waals surface area contributed by atoms with Gasteiger partial charge >= 0.3 is 0 Å². The Labute approximate surface area is 137 Å². The van der Waals surface area contributed by atoms with E-state index in [2.05, 4.69) is 32.7 Å². The van der Waals surface area contributed by atoms with Crippen LogP contribution in [0.5, 0.6) is 5.75 Å². The van der Waals surface area contributed by atoms with Gasteiger partial charge in [-0.25, -0.2) is 0 Å². The molecule has 126 valence electrons. The SMILES string of the molecule is COc1ccc([C@@H](CNC2=NCCCN2)N2CCOCC2)cc1. The average Bonchev–Trinajstić information content (AvgIpc) is 2.64. The number of hydrogen-bond donors (Lipinski definition) is 2. The highest BCUT2D eigenvalue weighted by molar-refractivity contribution is 5.80. The van der Waals surface area contributed by atoms with E-state index in [1.165, 1.54) is 5.56 Å². The molecule has 1 fully saturated rings. The van der Waals surface area contributed by atoms with E-state index in [1.807, 2.05) is 12.1 Å². The first-order valence-electron chi connectivity index (χ1n) is 8.35. The van der Waals surface area contributed by atoms with E-state index >= 15 is 0 Å². The summed E-state index contributed by atoms with van der Waals surface area (Å²) in [4.78, 5) is 6.97. The number of guanidine groups is 1. The van der Waals surface area contributed by atoms with Gasteiger partial charge in [0.2, 0.25) is 0 Å². The molecule has 1 saturated heterocycles. The van der Waals surface area contributed by atoms with Gasteiger partial charge in [-0.05, 0) is 24.1 Å². The van der Waals surface area contributed by atoms with Gasteiger partial charge < -0.3 is 20.1 Å². The molecule has 2 aliphatic rings. The zero-order valence-corrected chi connectivity index (χ0v) is 13.8. The van der Waals surface area contributed by atoms with Crippen molar-refractivity contribution in [3.63, 3.8) is 0 Å². The molecule has 23 heavy (non-hydrogen) atoms. The van der Waals surface area contributed by atoms with Gasteiger partial charge in [0.15, 0.2) is 5.96 Å². The van der Waals surface area contributed by atoms with Gasteiger partial charge in [0.05, 0.1) is 26.4 Å². The minimum Gasteiger partial charge on any atom is -0.497 e. The molecule has 1 aromatic rings. The number of nitrogens with one attached hydrogen (secondary N) is 2. The fraction of sp³-hybridized carbons (Fsp3) is 0.588. The number of morpholine rings is 1. The van der Waals surface area contributed by atoms with Gasteiger partial charge in [-0.3, -0.25) is 9.89 Å². The van der Waals surface area contributed by atoms with E-state index in [0.29, 0.717) is 6.04 Å². The normalized spacial score (nSPS) is 20.3. The standard InChI is InChI=1S/C17H26N4O2/c1-22-15-5-3-14(4-6-15)16(21-9-11-23-12-10-21)13-20-17-18-7-2-8-19-17/h3-6,16H,2,7-13H2,1H3,(H2,18,19,20)/t16-/m1/s1. The maximum Gasteiger partial charge on any atom is 0.191 e. The summed E-state index contributed by atoms with van der Waals surface area (Å²) in [5.41, 5.74) is 1.29. The van der Waals surface area contributed by atoms with E-state index in [1.54, 1.807) is 7.11 Å². The smallest absolute Gasteiger partial charge is 0.191 e. The zero-order chi connectivity index (χ0) is 15.9. The van der Waals surface area contributed by atoms with Crippen molar-refractivity contribution in [3.05, 3.63) is 29.8 Å². The fourth-order valence-electron chi connectivity index (χ4n) is 3.02. The quantitative estimate of drug-likeness (QED) is 0.848. The molecule has 0 radical (unpaired) electrons. The number of benzene rings is 1. The van der Waals surface area contributed by atoms with Crippen molar-refractivity contribution in [2.24, 2.45) is 4.99 Å². The third-order valence-corrected chi connectivity index (χ3v) is 4.35. The topological polar surface area (TPSA) is 58.1 Å². The lowest BCUT2D eigenvalue weighted by molar-refractivity contribution is 0.0170. The number of rotatable bonds is 5. The van der Waals surface area contributed by atoms with Crippen molar-refractivity contribution >= 4 is 5.96 Å². The Morgan fingerprint density at radius 2 is 2.09 bits per heavy atom. The first kappa shape index (κ1) is 16.1. The summed E-state index contributed by atoms with van der Waals surface area (Å²) in [6, 6.07) is 8.66.